The molecule has 2 nitrogen and oxygen atoms in total. The third kappa shape index (κ3) is 2.85. The number of aliphatic hydroxyl groups is 2. The summed E-state index contributed by atoms with van der Waals surface area (Å²) in [5.41, 5.74) is 3.65. The third-order valence-corrected chi connectivity index (χ3v) is 7.04. The van der Waals surface area contributed by atoms with E-state index in [0.717, 1.165) is 51.4 Å². The van der Waals surface area contributed by atoms with E-state index >= 15 is 0 Å². The fourth-order valence-electron chi connectivity index (χ4n) is 5.18. The van der Waals surface area contributed by atoms with Crippen molar-refractivity contribution in [1.29, 1.82) is 0 Å². The second-order valence-corrected chi connectivity index (χ2v) is 8.17. The van der Waals surface area contributed by atoms with Gasteiger partial charge in [-0.1, -0.05) is 37.6 Å². The van der Waals surface area contributed by atoms with Crippen molar-refractivity contribution >= 4 is 0 Å². The van der Waals surface area contributed by atoms with Gasteiger partial charge in [0.15, 0.2) is 0 Å². The third-order valence-electron chi connectivity index (χ3n) is 7.04. The highest BCUT2D eigenvalue weighted by atomic mass is 16.3. The lowest BCUT2D eigenvalue weighted by atomic mass is 9.62. The van der Waals surface area contributed by atoms with Crippen LogP contribution in [0.5, 0.6) is 0 Å². The number of allylic oxidation sites excluding steroid dienone is 5. The molecule has 0 aliphatic heterocycles. The van der Waals surface area contributed by atoms with Crippen LogP contribution in [-0.2, 0) is 0 Å². The monoisotopic (exact) mass is 316 g/mol. The molecule has 3 aliphatic carbocycles. The molecule has 3 aliphatic rings. The molecule has 23 heavy (non-hydrogen) atoms. The summed E-state index contributed by atoms with van der Waals surface area (Å²) < 4.78 is 0. The lowest BCUT2D eigenvalue weighted by molar-refractivity contribution is -0.0726. The average Bonchev–Trinajstić information content (AvgIpc) is 2.81. The number of aliphatic hydroxyl groups excluding tert-OH is 1. The van der Waals surface area contributed by atoms with E-state index < -0.39 is 5.60 Å². The second-order valence-electron chi connectivity index (χ2n) is 8.17. The van der Waals surface area contributed by atoms with Crippen molar-refractivity contribution in [2.45, 2.75) is 83.8 Å². The molecular formula is C21H32O2. The van der Waals surface area contributed by atoms with E-state index in [0.29, 0.717) is 5.92 Å². The number of rotatable bonds is 3. The maximum absolute atomic E-state index is 11.1. The molecule has 0 spiro atoms. The first kappa shape index (κ1) is 17.0. The standard InChI is InChI=1S/C21H32O2/c1-4-21(23)13-11-19-16(6-5-12-20(19,21)3)8-9-17-14-18(22)10-7-15(17)2/h6,8-9,18-19,22-23H,4-5,7,10-14H2,1-3H3/b9-8+/t18-,19+,20+,21-/m1/s1. The summed E-state index contributed by atoms with van der Waals surface area (Å²) in [4.78, 5) is 0. The van der Waals surface area contributed by atoms with Gasteiger partial charge in [-0.05, 0) is 75.4 Å². The van der Waals surface area contributed by atoms with Gasteiger partial charge in [0.05, 0.1) is 11.7 Å². The predicted octanol–water partition coefficient (Wildman–Crippen LogP) is 4.68. The molecule has 3 rings (SSSR count). The molecule has 0 aromatic carbocycles. The Morgan fingerprint density at radius 2 is 2.04 bits per heavy atom. The van der Waals surface area contributed by atoms with Crippen LogP contribution in [0.25, 0.3) is 0 Å². The first-order valence-corrected chi connectivity index (χ1v) is 9.37. The van der Waals surface area contributed by atoms with Crippen LogP contribution in [0.15, 0.2) is 34.9 Å². The summed E-state index contributed by atoms with van der Waals surface area (Å²) in [6.07, 6.45) is 14.4. The molecule has 0 amide bonds. The van der Waals surface area contributed by atoms with E-state index in [-0.39, 0.29) is 11.5 Å². The Hall–Kier alpha value is -0.860. The summed E-state index contributed by atoms with van der Waals surface area (Å²) >= 11 is 0. The van der Waals surface area contributed by atoms with Gasteiger partial charge in [-0.15, -0.1) is 0 Å². The maximum Gasteiger partial charge on any atom is 0.0704 e. The molecule has 0 saturated heterocycles. The van der Waals surface area contributed by atoms with Crippen molar-refractivity contribution in [2.75, 3.05) is 0 Å². The highest BCUT2D eigenvalue weighted by Gasteiger charge is 2.56. The van der Waals surface area contributed by atoms with Crippen molar-refractivity contribution in [3.05, 3.63) is 34.9 Å². The zero-order chi connectivity index (χ0) is 16.7. The van der Waals surface area contributed by atoms with E-state index in [9.17, 15) is 10.2 Å². The first-order valence-electron chi connectivity index (χ1n) is 9.37. The van der Waals surface area contributed by atoms with Crippen molar-refractivity contribution in [1.82, 2.24) is 0 Å². The van der Waals surface area contributed by atoms with Gasteiger partial charge in [0.25, 0.3) is 0 Å². The van der Waals surface area contributed by atoms with Crippen molar-refractivity contribution < 1.29 is 10.2 Å². The molecule has 0 aromatic rings. The Morgan fingerprint density at radius 1 is 1.26 bits per heavy atom. The van der Waals surface area contributed by atoms with Crippen LogP contribution in [0, 0.1) is 11.3 Å². The summed E-state index contributed by atoms with van der Waals surface area (Å²) in [5.74, 6) is 0.479. The molecule has 0 bridgehead atoms. The van der Waals surface area contributed by atoms with Crippen LogP contribution in [0.1, 0.15) is 72.1 Å². The Morgan fingerprint density at radius 3 is 2.78 bits per heavy atom. The Balaban J connectivity index is 1.82. The quantitative estimate of drug-likeness (QED) is 0.793. The molecule has 0 heterocycles. The van der Waals surface area contributed by atoms with Gasteiger partial charge >= 0.3 is 0 Å². The second kappa shape index (κ2) is 6.22. The van der Waals surface area contributed by atoms with Crippen LogP contribution in [0.4, 0.5) is 0 Å². The van der Waals surface area contributed by atoms with Crippen LogP contribution < -0.4 is 0 Å². The van der Waals surface area contributed by atoms with E-state index in [4.69, 9.17) is 0 Å². The SMILES string of the molecule is CC[C@@]1(O)CC[C@H]2C(/C=C/C3=C(C)CC[C@@H](O)C3)=CCC[C@@]21C. The average molecular weight is 316 g/mol. The largest absolute Gasteiger partial charge is 0.393 e. The molecule has 4 atom stereocenters. The van der Waals surface area contributed by atoms with Gasteiger partial charge in [-0.3, -0.25) is 0 Å². The number of fused-ring (bicyclic) bond motifs is 1. The smallest absolute Gasteiger partial charge is 0.0704 e. The lowest BCUT2D eigenvalue weighted by Crippen LogP contribution is -2.45. The maximum atomic E-state index is 11.1. The van der Waals surface area contributed by atoms with Crippen molar-refractivity contribution in [3.63, 3.8) is 0 Å². The van der Waals surface area contributed by atoms with Crippen molar-refractivity contribution in [3.8, 4) is 0 Å². The highest BCUT2D eigenvalue weighted by Crippen LogP contribution is 2.59. The van der Waals surface area contributed by atoms with Gasteiger partial charge in [0.2, 0.25) is 0 Å². The Bertz CT molecular complexity index is 556. The minimum Gasteiger partial charge on any atom is -0.393 e. The minimum absolute atomic E-state index is 0.0195. The molecule has 2 heteroatoms. The Kier molecular flexibility index (Phi) is 4.59. The van der Waals surface area contributed by atoms with E-state index in [2.05, 4.69) is 39.0 Å². The minimum atomic E-state index is -0.499. The zero-order valence-electron chi connectivity index (χ0n) is 14.9. The van der Waals surface area contributed by atoms with Gasteiger partial charge in [-0.25, -0.2) is 0 Å². The molecular weight excluding hydrogens is 284 g/mol. The van der Waals surface area contributed by atoms with Crippen LogP contribution in [-0.4, -0.2) is 21.9 Å². The van der Waals surface area contributed by atoms with Crippen LogP contribution in [0.2, 0.25) is 0 Å². The normalized spacial score (nSPS) is 41.3. The molecule has 0 unspecified atom stereocenters. The Labute approximate surface area is 141 Å². The van der Waals surface area contributed by atoms with E-state index in [1.165, 1.54) is 16.7 Å². The summed E-state index contributed by atoms with van der Waals surface area (Å²) in [6.45, 7) is 6.61. The predicted molar refractivity (Wildman–Crippen MR) is 95.1 cm³/mol. The zero-order valence-corrected chi connectivity index (χ0v) is 14.9. The number of hydrogen-bond acceptors (Lipinski definition) is 2. The van der Waals surface area contributed by atoms with E-state index in [1.54, 1.807) is 0 Å². The molecule has 1 saturated carbocycles. The molecule has 128 valence electrons. The summed E-state index contributed by atoms with van der Waals surface area (Å²) in [5, 5.41) is 21.0. The fourth-order valence-corrected chi connectivity index (χ4v) is 5.18. The molecule has 2 N–H and O–H groups in total. The number of hydrogen-bond donors (Lipinski definition) is 2. The van der Waals surface area contributed by atoms with Crippen LogP contribution in [0.3, 0.4) is 0 Å². The fraction of sp³-hybridized carbons (Fsp3) is 0.714. The van der Waals surface area contributed by atoms with Crippen molar-refractivity contribution in [2.24, 2.45) is 11.3 Å². The highest BCUT2D eigenvalue weighted by molar-refractivity contribution is 5.37. The molecule has 1 fully saturated rings. The van der Waals surface area contributed by atoms with Gasteiger partial charge in [-0.2, -0.15) is 0 Å². The summed E-state index contributed by atoms with van der Waals surface area (Å²) in [6, 6.07) is 0. The summed E-state index contributed by atoms with van der Waals surface area (Å²) in [7, 11) is 0. The van der Waals surface area contributed by atoms with Gasteiger partial charge in [0, 0.05) is 5.41 Å². The molecule has 0 aromatic heterocycles. The topological polar surface area (TPSA) is 40.5 Å². The lowest BCUT2D eigenvalue weighted by Gasteiger charge is -2.45. The van der Waals surface area contributed by atoms with Crippen LogP contribution >= 0.6 is 0 Å². The molecule has 0 radical (unpaired) electrons. The first-order chi connectivity index (χ1) is 10.9. The van der Waals surface area contributed by atoms with Gasteiger partial charge in [0.1, 0.15) is 0 Å². The van der Waals surface area contributed by atoms with Gasteiger partial charge < -0.3 is 10.2 Å². The van der Waals surface area contributed by atoms with E-state index in [1.807, 2.05) is 0 Å².